The van der Waals surface area contributed by atoms with Gasteiger partial charge in [0, 0.05) is 6.54 Å². The van der Waals surface area contributed by atoms with Crippen LogP contribution in [0.1, 0.15) is 40.5 Å². The first-order valence-electron chi connectivity index (χ1n) is 5.83. The van der Waals surface area contributed by atoms with Gasteiger partial charge in [0.15, 0.2) is 0 Å². The number of hydrogen-bond acceptors (Lipinski definition) is 2. The average Bonchev–Trinajstić information content (AvgIpc) is 2.52. The predicted molar refractivity (Wildman–Crippen MR) is 60.8 cm³/mol. The van der Waals surface area contributed by atoms with Gasteiger partial charge in [-0.1, -0.05) is 27.7 Å². The molecule has 88 valence electrons. The van der Waals surface area contributed by atoms with Crippen molar-refractivity contribution in [3.05, 3.63) is 0 Å². The second-order valence-electron chi connectivity index (χ2n) is 5.61. The summed E-state index contributed by atoms with van der Waals surface area (Å²) in [5.41, 5.74) is 0.297. The van der Waals surface area contributed by atoms with Gasteiger partial charge in [-0.2, -0.15) is 0 Å². The van der Waals surface area contributed by atoms with Gasteiger partial charge in [-0.3, -0.25) is 9.69 Å². The molecule has 1 saturated heterocycles. The number of carboxylic acids is 1. The SMILES string of the molecule is CCC(C(=O)O)N1CCC(C(C)(C)C)C1. The lowest BCUT2D eigenvalue weighted by atomic mass is 9.80. The fraction of sp³-hybridized carbons (Fsp3) is 0.917. The maximum absolute atomic E-state index is 11.0. The molecule has 1 aliphatic rings. The monoisotopic (exact) mass is 213 g/mol. The highest BCUT2D eigenvalue weighted by atomic mass is 16.4. The zero-order valence-electron chi connectivity index (χ0n) is 10.3. The van der Waals surface area contributed by atoms with E-state index < -0.39 is 5.97 Å². The maximum Gasteiger partial charge on any atom is 0.320 e. The molecular weight excluding hydrogens is 190 g/mol. The van der Waals surface area contributed by atoms with E-state index in [-0.39, 0.29) is 6.04 Å². The highest BCUT2D eigenvalue weighted by Gasteiger charge is 2.36. The van der Waals surface area contributed by atoms with Crippen molar-refractivity contribution in [2.45, 2.75) is 46.6 Å². The summed E-state index contributed by atoms with van der Waals surface area (Å²) in [6.07, 6.45) is 1.83. The highest BCUT2D eigenvalue weighted by molar-refractivity contribution is 5.73. The van der Waals surface area contributed by atoms with Crippen molar-refractivity contribution in [1.29, 1.82) is 0 Å². The molecule has 0 amide bonds. The number of likely N-dealkylation sites (tertiary alicyclic amines) is 1. The molecule has 15 heavy (non-hydrogen) atoms. The number of rotatable bonds is 3. The van der Waals surface area contributed by atoms with Crippen molar-refractivity contribution in [2.24, 2.45) is 11.3 Å². The van der Waals surface area contributed by atoms with E-state index in [1.165, 1.54) is 0 Å². The highest BCUT2D eigenvalue weighted by Crippen LogP contribution is 2.34. The van der Waals surface area contributed by atoms with Gasteiger partial charge in [-0.25, -0.2) is 0 Å². The standard InChI is InChI=1S/C12H23NO2/c1-5-10(11(14)15)13-7-6-9(8-13)12(2,3)4/h9-10H,5-8H2,1-4H3,(H,14,15). The molecule has 1 fully saturated rings. The molecule has 1 N–H and O–H groups in total. The smallest absolute Gasteiger partial charge is 0.320 e. The fourth-order valence-corrected chi connectivity index (χ4v) is 2.37. The van der Waals surface area contributed by atoms with Gasteiger partial charge in [0.1, 0.15) is 6.04 Å². The normalized spacial score (nSPS) is 25.5. The Labute approximate surface area is 92.5 Å². The molecule has 0 saturated carbocycles. The van der Waals surface area contributed by atoms with Crippen LogP contribution in [0, 0.1) is 11.3 Å². The first-order valence-corrected chi connectivity index (χ1v) is 5.83. The molecule has 3 heteroatoms. The Morgan fingerprint density at radius 2 is 2.13 bits per heavy atom. The third-order valence-corrected chi connectivity index (χ3v) is 3.56. The molecule has 3 nitrogen and oxygen atoms in total. The molecule has 1 aliphatic heterocycles. The van der Waals surface area contributed by atoms with Gasteiger partial charge in [-0.15, -0.1) is 0 Å². The van der Waals surface area contributed by atoms with Gasteiger partial charge >= 0.3 is 5.97 Å². The van der Waals surface area contributed by atoms with Gasteiger partial charge in [0.25, 0.3) is 0 Å². The Balaban J connectivity index is 2.59. The van der Waals surface area contributed by atoms with E-state index >= 15 is 0 Å². The minimum Gasteiger partial charge on any atom is -0.480 e. The number of nitrogens with zero attached hydrogens (tertiary/aromatic N) is 1. The van der Waals surface area contributed by atoms with E-state index in [1.807, 2.05) is 6.92 Å². The van der Waals surface area contributed by atoms with Crippen LogP contribution in [0.15, 0.2) is 0 Å². The minimum absolute atomic E-state index is 0.280. The lowest BCUT2D eigenvalue weighted by Gasteiger charge is -2.28. The Bertz CT molecular complexity index is 232. The summed E-state index contributed by atoms with van der Waals surface area (Å²) < 4.78 is 0. The average molecular weight is 213 g/mol. The van der Waals surface area contributed by atoms with E-state index in [0.717, 1.165) is 19.5 Å². The van der Waals surface area contributed by atoms with Crippen LogP contribution >= 0.6 is 0 Å². The third-order valence-electron chi connectivity index (χ3n) is 3.56. The van der Waals surface area contributed by atoms with E-state index in [1.54, 1.807) is 0 Å². The fourth-order valence-electron chi connectivity index (χ4n) is 2.37. The van der Waals surface area contributed by atoms with E-state index in [9.17, 15) is 4.79 Å². The second-order valence-corrected chi connectivity index (χ2v) is 5.61. The van der Waals surface area contributed by atoms with Crippen LogP contribution in [0.3, 0.4) is 0 Å². The molecule has 0 aromatic rings. The summed E-state index contributed by atoms with van der Waals surface area (Å²) >= 11 is 0. The number of aliphatic carboxylic acids is 1. The number of carbonyl (C=O) groups is 1. The van der Waals surface area contributed by atoms with Crippen LogP contribution in [0.4, 0.5) is 0 Å². The lowest BCUT2D eigenvalue weighted by molar-refractivity contribution is -0.143. The van der Waals surface area contributed by atoms with Gasteiger partial charge in [0.05, 0.1) is 0 Å². The zero-order valence-corrected chi connectivity index (χ0v) is 10.3. The summed E-state index contributed by atoms with van der Waals surface area (Å²) in [6, 6.07) is -0.280. The zero-order chi connectivity index (χ0) is 11.6. The topological polar surface area (TPSA) is 40.5 Å². The molecule has 0 aliphatic carbocycles. The van der Waals surface area contributed by atoms with E-state index in [2.05, 4.69) is 25.7 Å². The molecule has 0 radical (unpaired) electrons. The van der Waals surface area contributed by atoms with Crippen LogP contribution in [0.25, 0.3) is 0 Å². The molecule has 2 atom stereocenters. The molecule has 0 bridgehead atoms. The quantitative estimate of drug-likeness (QED) is 0.781. The van der Waals surface area contributed by atoms with Crippen LogP contribution < -0.4 is 0 Å². The van der Waals surface area contributed by atoms with Crippen molar-refractivity contribution in [3.8, 4) is 0 Å². The van der Waals surface area contributed by atoms with Gasteiger partial charge in [-0.05, 0) is 30.7 Å². The second kappa shape index (κ2) is 4.52. The molecule has 2 unspecified atom stereocenters. The van der Waals surface area contributed by atoms with Crippen LogP contribution in [-0.2, 0) is 4.79 Å². The van der Waals surface area contributed by atoms with Crippen molar-refractivity contribution < 1.29 is 9.90 Å². The third kappa shape index (κ3) is 2.94. The first-order chi connectivity index (χ1) is 6.86. The van der Waals surface area contributed by atoms with Crippen molar-refractivity contribution >= 4 is 5.97 Å². The Kier molecular flexibility index (Phi) is 3.77. The van der Waals surface area contributed by atoms with E-state index in [4.69, 9.17) is 5.11 Å². The van der Waals surface area contributed by atoms with Crippen LogP contribution in [0.5, 0.6) is 0 Å². The number of hydrogen-bond donors (Lipinski definition) is 1. The molecule has 1 heterocycles. The van der Waals surface area contributed by atoms with E-state index in [0.29, 0.717) is 17.8 Å². The molecule has 0 aromatic heterocycles. The van der Waals surface area contributed by atoms with Crippen LogP contribution in [-0.4, -0.2) is 35.1 Å². The summed E-state index contributed by atoms with van der Waals surface area (Å²) in [5, 5.41) is 9.08. The summed E-state index contributed by atoms with van der Waals surface area (Å²) in [6.45, 7) is 10.5. The molecule has 1 rings (SSSR count). The lowest BCUT2D eigenvalue weighted by Crippen LogP contribution is -2.40. The summed E-state index contributed by atoms with van der Waals surface area (Å²) in [5.74, 6) is -0.0436. The van der Waals surface area contributed by atoms with Crippen molar-refractivity contribution in [1.82, 2.24) is 4.90 Å². The molecular formula is C12H23NO2. The summed E-state index contributed by atoms with van der Waals surface area (Å²) in [4.78, 5) is 13.2. The molecule has 0 aromatic carbocycles. The number of carboxylic acid groups (broad SMARTS) is 1. The Hall–Kier alpha value is -0.570. The Morgan fingerprint density at radius 1 is 1.53 bits per heavy atom. The van der Waals surface area contributed by atoms with Gasteiger partial charge in [0.2, 0.25) is 0 Å². The Morgan fingerprint density at radius 3 is 2.47 bits per heavy atom. The van der Waals surface area contributed by atoms with Gasteiger partial charge < -0.3 is 5.11 Å². The largest absolute Gasteiger partial charge is 0.480 e. The van der Waals surface area contributed by atoms with Crippen molar-refractivity contribution in [2.75, 3.05) is 13.1 Å². The molecule has 0 spiro atoms. The maximum atomic E-state index is 11.0. The van der Waals surface area contributed by atoms with Crippen LogP contribution in [0.2, 0.25) is 0 Å². The predicted octanol–water partition coefficient (Wildman–Crippen LogP) is 2.22. The minimum atomic E-state index is -0.674. The first kappa shape index (κ1) is 12.5. The van der Waals surface area contributed by atoms with Crippen molar-refractivity contribution in [3.63, 3.8) is 0 Å². The summed E-state index contributed by atoms with van der Waals surface area (Å²) in [7, 11) is 0.